The number of benzene rings is 1. The van der Waals surface area contributed by atoms with Gasteiger partial charge in [0, 0.05) is 30.1 Å². The van der Waals surface area contributed by atoms with Crippen molar-refractivity contribution in [2.75, 3.05) is 5.73 Å². The largest absolute Gasteiger partial charge is 0.398 e. The molecule has 1 amide bonds. The lowest BCUT2D eigenvalue weighted by molar-refractivity contribution is -0.121. The summed E-state index contributed by atoms with van der Waals surface area (Å²) in [5.41, 5.74) is 7.89. The number of hydrogen-bond donors (Lipinski definition) is 2. The van der Waals surface area contributed by atoms with E-state index in [4.69, 9.17) is 5.73 Å². The topological polar surface area (TPSA) is 72.2 Å². The van der Waals surface area contributed by atoms with Crippen LogP contribution in [0.15, 0.2) is 18.2 Å². The van der Waals surface area contributed by atoms with Crippen molar-refractivity contribution < 1.29 is 9.59 Å². The molecule has 0 aliphatic carbocycles. The number of nitrogens with two attached hydrogens (primary N) is 1. The summed E-state index contributed by atoms with van der Waals surface area (Å²) < 4.78 is 0. The van der Waals surface area contributed by atoms with Gasteiger partial charge in [0.1, 0.15) is 0 Å². The van der Waals surface area contributed by atoms with Crippen LogP contribution in [0.25, 0.3) is 0 Å². The van der Waals surface area contributed by atoms with E-state index in [9.17, 15) is 9.59 Å². The summed E-state index contributed by atoms with van der Waals surface area (Å²) in [5, 5.41) is 2.84. The third-order valence-electron chi connectivity index (χ3n) is 3.20. The molecule has 1 rings (SSSR count). The van der Waals surface area contributed by atoms with Gasteiger partial charge in [-0.25, -0.2) is 0 Å². The van der Waals surface area contributed by atoms with E-state index in [0.29, 0.717) is 11.3 Å². The molecule has 0 fully saturated rings. The Balaban J connectivity index is 2.51. The summed E-state index contributed by atoms with van der Waals surface area (Å²) >= 11 is 0. The van der Waals surface area contributed by atoms with Crippen LogP contribution < -0.4 is 11.1 Å². The van der Waals surface area contributed by atoms with Gasteiger partial charge in [-0.1, -0.05) is 19.1 Å². The summed E-state index contributed by atoms with van der Waals surface area (Å²) in [4.78, 5) is 23.5. The van der Waals surface area contributed by atoms with Crippen LogP contribution in [0.1, 0.15) is 49.0 Å². The van der Waals surface area contributed by atoms with Gasteiger partial charge in [-0.3, -0.25) is 9.59 Å². The first-order valence-corrected chi connectivity index (χ1v) is 6.62. The Morgan fingerprint density at radius 2 is 2.00 bits per heavy atom. The van der Waals surface area contributed by atoms with E-state index in [1.54, 1.807) is 12.1 Å². The lowest BCUT2D eigenvalue weighted by Crippen LogP contribution is -2.32. The summed E-state index contributed by atoms with van der Waals surface area (Å²) in [5.74, 6) is -0.131. The van der Waals surface area contributed by atoms with E-state index in [1.807, 2.05) is 26.8 Å². The van der Waals surface area contributed by atoms with E-state index in [0.717, 1.165) is 12.0 Å². The van der Waals surface area contributed by atoms with Crippen LogP contribution in [-0.4, -0.2) is 17.7 Å². The molecule has 0 aliphatic rings. The number of ketones is 1. The third kappa shape index (κ3) is 4.73. The minimum Gasteiger partial charge on any atom is -0.398 e. The molecule has 3 N–H and O–H groups in total. The number of anilines is 1. The van der Waals surface area contributed by atoms with Crippen molar-refractivity contribution in [3.05, 3.63) is 29.3 Å². The highest BCUT2D eigenvalue weighted by atomic mass is 16.2. The van der Waals surface area contributed by atoms with Crippen molar-refractivity contribution in [1.82, 2.24) is 5.32 Å². The Labute approximate surface area is 114 Å². The molecule has 1 unspecified atom stereocenters. The molecule has 4 nitrogen and oxygen atoms in total. The van der Waals surface area contributed by atoms with Gasteiger partial charge < -0.3 is 11.1 Å². The Morgan fingerprint density at radius 3 is 2.58 bits per heavy atom. The standard InChI is InChI=1S/C15H22N2O2/c1-4-11(3)17-15(19)8-7-14(18)12-6-5-10(2)13(16)9-12/h5-6,9,11H,4,7-8,16H2,1-3H3,(H,17,19). The molecule has 1 atom stereocenters. The molecule has 4 heteroatoms. The van der Waals surface area contributed by atoms with E-state index in [-0.39, 0.29) is 30.6 Å². The van der Waals surface area contributed by atoms with Gasteiger partial charge in [0.25, 0.3) is 0 Å². The minimum atomic E-state index is -0.0808. The van der Waals surface area contributed by atoms with Gasteiger partial charge >= 0.3 is 0 Å². The van der Waals surface area contributed by atoms with Gasteiger partial charge in [-0.2, -0.15) is 0 Å². The van der Waals surface area contributed by atoms with Gasteiger partial charge in [-0.15, -0.1) is 0 Å². The number of nitrogens with one attached hydrogen (secondary N) is 1. The van der Waals surface area contributed by atoms with Crippen molar-refractivity contribution in [3.63, 3.8) is 0 Å². The third-order valence-corrected chi connectivity index (χ3v) is 3.20. The van der Waals surface area contributed by atoms with Crippen LogP contribution in [0.3, 0.4) is 0 Å². The molecule has 1 aromatic rings. The van der Waals surface area contributed by atoms with Crippen LogP contribution in [0.2, 0.25) is 0 Å². The summed E-state index contributed by atoms with van der Waals surface area (Å²) in [6.45, 7) is 5.84. The van der Waals surface area contributed by atoms with Crippen molar-refractivity contribution in [3.8, 4) is 0 Å². The van der Waals surface area contributed by atoms with Crippen LogP contribution in [-0.2, 0) is 4.79 Å². The van der Waals surface area contributed by atoms with Crippen molar-refractivity contribution in [2.45, 2.75) is 46.1 Å². The van der Waals surface area contributed by atoms with Crippen molar-refractivity contribution in [2.24, 2.45) is 0 Å². The molecule has 0 radical (unpaired) electrons. The summed E-state index contributed by atoms with van der Waals surface area (Å²) in [6, 6.07) is 5.39. The average Bonchev–Trinajstić information content (AvgIpc) is 2.39. The second-order valence-electron chi connectivity index (χ2n) is 4.87. The van der Waals surface area contributed by atoms with Crippen LogP contribution in [0.5, 0.6) is 0 Å². The number of nitrogen functional groups attached to an aromatic ring is 1. The van der Waals surface area contributed by atoms with Crippen molar-refractivity contribution in [1.29, 1.82) is 0 Å². The van der Waals surface area contributed by atoms with E-state index in [1.165, 1.54) is 0 Å². The predicted octanol–water partition coefficient (Wildman–Crippen LogP) is 2.45. The second kappa shape index (κ2) is 6.92. The fourth-order valence-electron chi connectivity index (χ4n) is 1.63. The molecule has 19 heavy (non-hydrogen) atoms. The highest BCUT2D eigenvalue weighted by molar-refractivity contribution is 5.98. The lowest BCUT2D eigenvalue weighted by atomic mass is 10.0. The number of carbonyl (C=O) groups is 2. The van der Waals surface area contributed by atoms with Gasteiger partial charge in [0.05, 0.1) is 0 Å². The number of amides is 1. The van der Waals surface area contributed by atoms with E-state index >= 15 is 0 Å². The number of hydrogen-bond acceptors (Lipinski definition) is 3. The summed E-state index contributed by atoms with van der Waals surface area (Å²) in [6.07, 6.45) is 1.32. The molecule has 0 aliphatic heterocycles. The normalized spacial score (nSPS) is 11.9. The van der Waals surface area contributed by atoms with Crippen LogP contribution in [0, 0.1) is 6.92 Å². The maximum atomic E-state index is 11.9. The molecule has 0 bridgehead atoms. The number of aryl methyl sites for hydroxylation is 1. The smallest absolute Gasteiger partial charge is 0.220 e. The zero-order valence-corrected chi connectivity index (χ0v) is 11.8. The molecule has 0 saturated carbocycles. The number of Topliss-reactive ketones (excluding diaryl/α,β-unsaturated/α-hetero) is 1. The monoisotopic (exact) mass is 262 g/mol. The highest BCUT2D eigenvalue weighted by Crippen LogP contribution is 2.14. The maximum absolute atomic E-state index is 11.9. The average molecular weight is 262 g/mol. The Morgan fingerprint density at radius 1 is 1.32 bits per heavy atom. The van der Waals surface area contributed by atoms with Gasteiger partial charge in [0.2, 0.25) is 5.91 Å². The molecular weight excluding hydrogens is 240 g/mol. The Kier molecular flexibility index (Phi) is 5.55. The second-order valence-corrected chi connectivity index (χ2v) is 4.87. The number of rotatable bonds is 6. The molecule has 104 valence electrons. The molecule has 0 saturated heterocycles. The van der Waals surface area contributed by atoms with Crippen LogP contribution in [0.4, 0.5) is 5.69 Å². The van der Waals surface area contributed by atoms with Gasteiger partial charge in [0.15, 0.2) is 5.78 Å². The lowest BCUT2D eigenvalue weighted by Gasteiger charge is -2.11. The Hall–Kier alpha value is -1.84. The van der Waals surface area contributed by atoms with Crippen LogP contribution >= 0.6 is 0 Å². The molecule has 0 aromatic heterocycles. The Bertz CT molecular complexity index is 469. The zero-order chi connectivity index (χ0) is 14.4. The number of carbonyl (C=O) groups excluding carboxylic acids is 2. The molecule has 0 heterocycles. The molecule has 0 spiro atoms. The maximum Gasteiger partial charge on any atom is 0.220 e. The first-order valence-electron chi connectivity index (χ1n) is 6.62. The molecule has 1 aromatic carbocycles. The van der Waals surface area contributed by atoms with Gasteiger partial charge in [-0.05, 0) is 31.9 Å². The first kappa shape index (κ1) is 15.2. The van der Waals surface area contributed by atoms with E-state index < -0.39 is 0 Å². The fraction of sp³-hybridized carbons (Fsp3) is 0.467. The minimum absolute atomic E-state index is 0.0500. The fourth-order valence-corrected chi connectivity index (χ4v) is 1.63. The first-order chi connectivity index (χ1) is 8.93. The van der Waals surface area contributed by atoms with E-state index in [2.05, 4.69) is 5.32 Å². The SMILES string of the molecule is CCC(C)NC(=O)CCC(=O)c1ccc(C)c(N)c1. The molecular formula is C15H22N2O2. The predicted molar refractivity (Wildman–Crippen MR) is 77.1 cm³/mol. The zero-order valence-electron chi connectivity index (χ0n) is 11.8. The summed E-state index contributed by atoms with van der Waals surface area (Å²) in [7, 11) is 0. The quantitative estimate of drug-likeness (QED) is 0.611. The highest BCUT2D eigenvalue weighted by Gasteiger charge is 2.11. The van der Waals surface area contributed by atoms with Crippen molar-refractivity contribution >= 4 is 17.4 Å².